The normalized spacial score (nSPS) is 13.1. The lowest BCUT2D eigenvalue weighted by atomic mass is 10.0. The Labute approximate surface area is 133 Å². The molecular weight excluding hydrogens is 294 g/mol. The minimum atomic E-state index is -3.38. The van der Waals surface area contributed by atoms with Crippen LogP contribution in [-0.2, 0) is 15.8 Å². The summed E-state index contributed by atoms with van der Waals surface area (Å²) in [6, 6.07) is 13.4. The van der Waals surface area contributed by atoms with Gasteiger partial charge in [-0.1, -0.05) is 53.6 Å². The SMILES string of the molecule is Cc1cccc(CS(=O)(=O)NC(C)c2ccc(C)cc2C)c1. The predicted octanol–water partition coefficient (Wildman–Crippen LogP) is 3.79. The van der Waals surface area contributed by atoms with E-state index in [1.807, 2.05) is 64.1 Å². The van der Waals surface area contributed by atoms with Gasteiger partial charge < -0.3 is 0 Å². The maximum Gasteiger partial charge on any atom is 0.216 e. The van der Waals surface area contributed by atoms with Crippen LogP contribution in [0.15, 0.2) is 42.5 Å². The molecule has 2 aromatic carbocycles. The lowest BCUT2D eigenvalue weighted by molar-refractivity contribution is 0.565. The second-order valence-electron chi connectivity index (χ2n) is 5.95. The molecule has 0 bridgehead atoms. The van der Waals surface area contributed by atoms with Crippen molar-refractivity contribution >= 4 is 10.0 Å². The zero-order valence-corrected chi connectivity index (χ0v) is 14.4. The Balaban J connectivity index is 2.14. The van der Waals surface area contributed by atoms with Gasteiger partial charge in [-0.15, -0.1) is 0 Å². The second kappa shape index (κ2) is 6.63. The topological polar surface area (TPSA) is 46.2 Å². The highest BCUT2D eigenvalue weighted by Crippen LogP contribution is 2.20. The van der Waals surface area contributed by atoms with Crippen molar-refractivity contribution in [2.75, 3.05) is 0 Å². The summed E-state index contributed by atoms with van der Waals surface area (Å²) in [5.41, 5.74) is 5.16. The van der Waals surface area contributed by atoms with Crippen LogP contribution in [0.2, 0.25) is 0 Å². The van der Waals surface area contributed by atoms with Gasteiger partial charge in [-0.3, -0.25) is 0 Å². The van der Waals surface area contributed by atoms with Crippen LogP contribution in [0.3, 0.4) is 0 Å². The fourth-order valence-electron chi connectivity index (χ4n) is 2.71. The third kappa shape index (κ3) is 4.42. The minimum Gasteiger partial charge on any atom is -0.212 e. The summed E-state index contributed by atoms with van der Waals surface area (Å²) < 4.78 is 27.5. The van der Waals surface area contributed by atoms with Crippen molar-refractivity contribution in [3.63, 3.8) is 0 Å². The van der Waals surface area contributed by atoms with Gasteiger partial charge in [-0.05, 0) is 44.4 Å². The monoisotopic (exact) mass is 317 g/mol. The van der Waals surface area contributed by atoms with Crippen LogP contribution in [0.25, 0.3) is 0 Å². The van der Waals surface area contributed by atoms with Gasteiger partial charge in [0.2, 0.25) is 10.0 Å². The molecule has 0 aliphatic rings. The predicted molar refractivity (Wildman–Crippen MR) is 91.3 cm³/mol. The first kappa shape index (κ1) is 16.7. The van der Waals surface area contributed by atoms with E-state index in [0.29, 0.717) is 0 Å². The zero-order chi connectivity index (χ0) is 16.3. The molecule has 3 nitrogen and oxygen atoms in total. The lowest BCUT2D eigenvalue weighted by Gasteiger charge is -2.17. The molecule has 0 radical (unpaired) electrons. The molecule has 0 aliphatic carbocycles. The van der Waals surface area contributed by atoms with E-state index in [4.69, 9.17) is 0 Å². The van der Waals surface area contributed by atoms with Crippen LogP contribution in [0.1, 0.15) is 40.8 Å². The highest BCUT2D eigenvalue weighted by atomic mass is 32.2. The highest BCUT2D eigenvalue weighted by Gasteiger charge is 2.17. The molecular formula is C18H23NO2S. The molecule has 1 atom stereocenters. The Morgan fingerprint density at radius 3 is 2.32 bits per heavy atom. The molecule has 0 spiro atoms. The Morgan fingerprint density at radius 2 is 1.68 bits per heavy atom. The Morgan fingerprint density at radius 1 is 1.00 bits per heavy atom. The average molecular weight is 317 g/mol. The fraction of sp³-hybridized carbons (Fsp3) is 0.333. The van der Waals surface area contributed by atoms with Crippen molar-refractivity contribution in [1.82, 2.24) is 4.72 Å². The molecule has 0 saturated heterocycles. The molecule has 0 amide bonds. The standard InChI is InChI=1S/C18H23NO2S/c1-13-6-5-7-17(11-13)12-22(20,21)19-16(4)18-9-8-14(2)10-15(18)3/h5-11,16,19H,12H2,1-4H3. The van der Waals surface area contributed by atoms with Crippen molar-refractivity contribution in [3.05, 3.63) is 70.3 Å². The quantitative estimate of drug-likeness (QED) is 0.912. The first-order chi connectivity index (χ1) is 10.3. The lowest BCUT2D eigenvalue weighted by Crippen LogP contribution is -2.28. The van der Waals surface area contributed by atoms with Crippen molar-refractivity contribution in [2.45, 2.75) is 39.5 Å². The molecule has 0 saturated carbocycles. The largest absolute Gasteiger partial charge is 0.216 e. The Bertz CT molecular complexity index is 766. The summed E-state index contributed by atoms with van der Waals surface area (Å²) in [6.07, 6.45) is 0. The van der Waals surface area contributed by atoms with E-state index < -0.39 is 10.0 Å². The summed E-state index contributed by atoms with van der Waals surface area (Å²) in [6.45, 7) is 7.88. The molecule has 2 rings (SSSR count). The van der Waals surface area contributed by atoms with Gasteiger partial charge >= 0.3 is 0 Å². The number of nitrogens with one attached hydrogen (secondary N) is 1. The van der Waals surface area contributed by atoms with Gasteiger partial charge in [0.25, 0.3) is 0 Å². The first-order valence-electron chi connectivity index (χ1n) is 7.39. The van der Waals surface area contributed by atoms with Crippen LogP contribution < -0.4 is 4.72 Å². The molecule has 1 N–H and O–H groups in total. The molecule has 0 aromatic heterocycles. The second-order valence-corrected chi connectivity index (χ2v) is 7.70. The number of hydrogen-bond donors (Lipinski definition) is 1. The molecule has 4 heteroatoms. The van der Waals surface area contributed by atoms with Crippen LogP contribution in [0.5, 0.6) is 0 Å². The minimum absolute atomic E-state index is 0.00390. The van der Waals surface area contributed by atoms with Gasteiger partial charge in [-0.2, -0.15) is 0 Å². The van der Waals surface area contributed by atoms with E-state index in [0.717, 1.165) is 22.3 Å². The first-order valence-corrected chi connectivity index (χ1v) is 9.05. The van der Waals surface area contributed by atoms with E-state index >= 15 is 0 Å². The van der Waals surface area contributed by atoms with E-state index in [1.54, 1.807) is 0 Å². The number of rotatable bonds is 5. The summed E-state index contributed by atoms with van der Waals surface area (Å²) >= 11 is 0. The third-order valence-electron chi connectivity index (χ3n) is 3.69. The average Bonchev–Trinajstić information content (AvgIpc) is 2.36. The van der Waals surface area contributed by atoms with Gasteiger partial charge in [0.15, 0.2) is 0 Å². The van der Waals surface area contributed by atoms with Gasteiger partial charge in [0.05, 0.1) is 5.75 Å². The smallest absolute Gasteiger partial charge is 0.212 e. The maximum absolute atomic E-state index is 12.4. The van der Waals surface area contributed by atoms with Crippen molar-refractivity contribution in [1.29, 1.82) is 0 Å². The van der Waals surface area contributed by atoms with Crippen LogP contribution >= 0.6 is 0 Å². The maximum atomic E-state index is 12.4. The molecule has 118 valence electrons. The van der Waals surface area contributed by atoms with Crippen molar-refractivity contribution < 1.29 is 8.42 Å². The van der Waals surface area contributed by atoms with Crippen LogP contribution in [0, 0.1) is 20.8 Å². The summed E-state index contributed by atoms with van der Waals surface area (Å²) in [5.74, 6) is 0.00390. The Hall–Kier alpha value is -1.65. The summed E-state index contributed by atoms with van der Waals surface area (Å²) in [7, 11) is -3.38. The number of sulfonamides is 1. The molecule has 0 fully saturated rings. The molecule has 2 aromatic rings. The fourth-order valence-corrected chi connectivity index (χ4v) is 4.07. The summed E-state index contributed by atoms with van der Waals surface area (Å²) in [4.78, 5) is 0. The van der Waals surface area contributed by atoms with Gasteiger partial charge in [0.1, 0.15) is 0 Å². The number of benzene rings is 2. The van der Waals surface area contributed by atoms with Gasteiger partial charge in [-0.25, -0.2) is 13.1 Å². The van der Waals surface area contributed by atoms with Gasteiger partial charge in [0, 0.05) is 6.04 Å². The molecule has 1 unspecified atom stereocenters. The molecule has 22 heavy (non-hydrogen) atoms. The van der Waals surface area contributed by atoms with E-state index in [-0.39, 0.29) is 11.8 Å². The Kier molecular flexibility index (Phi) is 5.04. The van der Waals surface area contributed by atoms with E-state index in [9.17, 15) is 8.42 Å². The van der Waals surface area contributed by atoms with E-state index in [2.05, 4.69) is 10.8 Å². The zero-order valence-electron chi connectivity index (χ0n) is 13.6. The molecule has 0 heterocycles. The molecule has 0 aliphatic heterocycles. The number of hydrogen-bond acceptors (Lipinski definition) is 2. The van der Waals surface area contributed by atoms with Crippen molar-refractivity contribution in [2.24, 2.45) is 0 Å². The highest BCUT2D eigenvalue weighted by molar-refractivity contribution is 7.88. The van der Waals surface area contributed by atoms with Crippen LogP contribution in [0.4, 0.5) is 0 Å². The van der Waals surface area contributed by atoms with E-state index in [1.165, 1.54) is 5.56 Å². The number of aryl methyl sites for hydroxylation is 3. The third-order valence-corrected chi connectivity index (χ3v) is 5.11. The van der Waals surface area contributed by atoms with Crippen molar-refractivity contribution in [3.8, 4) is 0 Å². The van der Waals surface area contributed by atoms with Crippen LogP contribution in [-0.4, -0.2) is 8.42 Å². The summed E-state index contributed by atoms with van der Waals surface area (Å²) in [5, 5.41) is 0.